The Morgan fingerprint density at radius 3 is 1.57 bits per heavy atom. The molecule has 1 heterocycles. The van der Waals surface area contributed by atoms with Crippen molar-refractivity contribution < 1.29 is 13.6 Å². The molecule has 0 spiro atoms. The van der Waals surface area contributed by atoms with E-state index in [4.69, 9.17) is 0 Å². The highest BCUT2D eigenvalue weighted by atomic mass is 17.0. The van der Waals surface area contributed by atoms with Gasteiger partial charge in [-0.2, -0.15) is 18.7 Å². The van der Waals surface area contributed by atoms with Gasteiger partial charge in [-0.1, -0.05) is 0 Å². The van der Waals surface area contributed by atoms with E-state index in [2.05, 4.69) is 13.6 Å². The predicted octanol–water partition coefficient (Wildman–Crippen LogP) is -0.814. The molecule has 1 aromatic heterocycles. The molecule has 5 nitrogen and oxygen atoms in total. The van der Waals surface area contributed by atoms with Gasteiger partial charge in [-0.05, 0) is 0 Å². The van der Waals surface area contributed by atoms with Crippen LogP contribution < -0.4 is 11.6 Å². The summed E-state index contributed by atoms with van der Waals surface area (Å²) in [5.74, 6) is -2.24. The molecule has 0 fully saturated rings. The van der Waals surface area contributed by atoms with E-state index in [9.17, 15) is 9.59 Å². The first-order valence-corrected chi connectivity index (χ1v) is 1.39. The summed E-state index contributed by atoms with van der Waals surface area (Å²) < 4.78 is 10.7. The van der Waals surface area contributed by atoms with Gasteiger partial charge in [-0.25, -0.2) is 0 Å². The van der Waals surface area contributed by atoms with Crippen molar-refractivity contribution in [1.82, 2.24) is 0 Å². The number of rotatable bonds is 0. The van der Waals surface area contributed by atoms with Crippen LogP contribution in [0.1, 0.15) is 0 Å². The number of hydrogen-bond donors (Lipinski definition) is 0. The highest BCUT2D eigenvalue weighted by Crippen LogP contribution is 1.58. The van der Waals surface area contributed by atoms with E-state index < -0.39 is 11.6 Å². The first-order chi connectivity index (χ1) is 3.29. The molecule has 0 aliphatic heterocycles. The monoisotopic (exact) mass is 104 g/mol. The van der Waals surface area contributed by atoms with Gasteiger partial charge in [0.1, 0.15) is 0 Å². The zero-order valence-corrected chi connectivity index (χ0v) is 3.04. The van der Waals surface area contributed by atoms with Crippen LogP contribution in [-0.2, 0) is 0 Å². The van der Waals surface area contributed by atoms with Crippen LogP contribution in [0.25, 0.3) is 0 Å². The van der Waals surface area contributed by atoms with Crippen molar-refractivity contribution in [3.05, 3.63) is 21.2 Å². The maximum atomic E-state index is 9.66. The van der Waals surface area contributed by atoms with E-state index in [-0.39, 0.29) is 0 Å². The second-order valence-corrected chi connectivity index (χ2v) is 0.769. The van der Waals surface area contributed by atoms with Crippen LogP contribution in [0.2, 0.25) is 0 Å². The highest BCUT2D eigenvalue weighted by molar-refractivity contribution is 4.28. The molecule has 0 amide bonds. The van der Waals surface area contributed by atoms with E-state index in [1.807, 2.05) is 0 Å². The summed E-state index contributed by atoms with van der Waals surface area (Å²) >= 11 is 0. The van der Waals surface area contributed by atoms with Gasteiger partial charge in [-0.15, -0.1) is 0 Å². The average Bonchev–Trinajstić information content (AvgIpc) is 1.87. The van der Waals surface area contributed by atoms with Gasteiger partial charge in [0, 0.05) is 0 Å². The predicted molar refractivity (Wildman–Crippen MR) is 15.8 cm³/mol. The smallest absolute Gasteiger partial charge is 0.322 e. The molecule has 0 saturated heterocycles. The van der Waals surface area contributed by atoms with E-state index in [0.29, 0.717) is 0 Å². The van der Waals surface area contributed by atoms with Crippen molar-refractivity contribution in [3.63, 3.8) is 0 Å². The lowest BCUT2D eigenvalue weighted by Crippen LogP contribution is -1.93. The summed E-state index contributed by atoms with van der Waals surface area (Å²) in [6.45, 7) is 0. The lowest BCUT2D eigenvalue weighted by atomic mass is 11.5. The molecular weight excluding hydrogens is 104 g/mol. The zero-order chi connectivity index (χ0) is 5.28. The molecule has 0 bridgehead atoms. The third kappa shape index (κ3) is 0.594. The maximum absolute atomic E-state index is 9.66. The zero-order valence-electron chi connectivity index (χ0n) is 3.04. The molecule has 1 rings (SSSR count). The van der Waals surface area contributed by atoms with Crippen molar-refractivity contribution in [2.24, 2.45) is 0 Å². The largest absolute Gasteiger partial charge is 0.560 e. The van der Waals surface area contributed by atoms with Crippen molar-refractivity contribution in [2.75, 3.05) is 0 Å². The third-order valence-electron chi connectivity index (χ3n) is 0.344. The van der Waals surface area contributed by atoms with Crippen LogP contribution in [0.15, 0.2) is 23.2 Å². The Bertz CT molecular complexity index is 210. The molecule has 0 aliphatic carbocycles. The first kappa shape index (κ1) is 3.91. The second kappa shape index (κ2) is 1.11. The lowest BCUT2D eigenvalue weighted by Gasteiger charge is -1.43. The average molecular weight is 104 g/mol. The first-order valence-electron chi connectivity index (χ1n) is 1.39. The van der Waals surface area contributed by atoms with Gasteiger partial charge in [0.15, 0.2) is 0 Å². The molecule has 0 unspecified atom stereocenters. The standard InChI is InChI=1S/C2O5/c3-1-5-2(4)7-6-1. The van der Waals surface area contributed by atoms with Gasteiger partial charge >= 0.3 is 11.6 Å². The molecule has 1 aromatic rings. The van der Waals surface area contributed by atoms with Crippen molar-refractivity contribution >= 4 is 0 Å². The van der Waals surface area contributed by atoms with E-state index in [1.54, 1.807) is 0 Å². The fraction of sp³-hybridized carbons (Fsp3) is 0. The Kier molecular flexibility index (Phi) is 0.619. The van der Waals surface area contributed by atoms with Crippen LogP contribution >= 0.6 is 0 Å². The summed E-state index contributed by atoms with van der Waals surface area (Å²) in [5.41, 5.74) is 0. The van der Waals surface area contributed by atoms with Crippen LogP contribution in [-0.4, -0.2) is 0 Å². The fourth-order valence-corrected chi connectivity index (χ4v) is 0.170. The molecule has 0 aliphatic rings. The summed E-state index contributed by atoms with van der Waals surface area (Å²) in [6.07, 6.45) is 0. The Hall–Kier alpha value is -1.26. The summed E-state index contributed by atoms with van der Waals surface area (Å²) in [5, 5.41) is 0. The Labute approximate surface area is 36.1 Å². The van der Waals surface area contributed by atoms with Crippen LogP contribution in [0.5, 0.6) is 0 Å². The van der Waals surface area contributed by atoms with Gasteiger partial charge < -0.3 is 4.42 Å². The van der Waals surface area contributed by atoms with Crippen molar-refractivity contribution in [1.29, 1.82) is 0 Å². The summed E-state index contributed by atoms with van der Waals surface area (Å²) in [6, 6.07) is 0. The maximum Gasteiger partial charge on any atom is 0.560 e. The third-order valence-corrected chi connectivity index (χ3v) is 0.344. The molecule has 7 heavy (non-hydrogen) atoms. The van der Waals surface area contributed by atoms with Crippen molar-refractivity contribution in [3.8, 4) is 0 Å². The summed E-state index contributed by atoms with van der Waals surface area (Å²) in [7, 11) is 0. The molecule has 38 valence electrons. The fourth-order valence-electron chi connectivity index (χ4n) is 0.170. The van der Waals surface area contributed by atoms with Gasteiger partial charge in [0.05, 0.1) is 0 Å². The molecule has 0 saturated carbocycles. The minimum Gasteiger partial charge on any atom is -0.322 e. The van der Waals surface area contributed by atoms with Crippen molar-refractivity contribution in [2.45, 2.75) is 0 Å². The summed E-state index contributed by atoms with van der Waals surface area (Å²) in [4.78, 5) is 19.3. The molecule has 0 atom stereocenters. The molecular formula is C2O5. The lowest BCUT2D eigenvalue weighted by molar-refractivity contribution is 0.0370. The molecule has 0 radical (unpaired) electrons. The molecule has 5 heteroatoms. The van der Waals surface area contributed by atoms with Crippen LogP contribution in [0.3, 0.4) is 0 Å². The van der Waals surface area contributed by atoms with Gasteiger partial charge in [0.2, 0.25) is 0 Å². The number of hydrogen-bond acceptors (Lipinski definition) is 5. The topological polar surface area (TPSA) is 73.6 Å². The van der Waals surface area contributed by atoms with E-state index in [1.165, 1.54) is 0 Å². The minimum absolute atomic E-state index is 1.12. The van der Waals surface area contributed by atoms with Gasteiger partial charge in [0.25, 0.3) is 0 Å². The second-order valence-electron chi connectivity index (χ2n) is 0.769. The Morgan fingerprint density at radius 1 is 1.00 bits per heavy atom. The Balaban J connectivity index is 3.59. The minimum atomic E-state index is -1.12. The van der Waals surface area contributed by atoms with Crippen LogP contribution in [0.4, 0.5) is 0 Å². The molecule has 0 N–H and O–H groups in total. The molecule has 0 aromatic carbocycles. The van der Waals surface area contributed by atoms with E-state index in [0.717, 1.165) is 0 Å². The van der Waals surface area contributed by atoms with Crippen LogP contribution in [0, 0.1) is 0 Å². The highest BCUT2D eigenvalue weighted by Gasteiger charge is 1.91. The van der Waals surface area contributed by atoms with Gasteiger partial charge in [-0.3, -0.25) is 0 Å². The van der Waals surface area contributed by atoms with E-state index >= 15 is 0 Å². The SMILES string of the molecule is O=c1ooc(=O)o1. The Morgan fingerprint density at radius 2 is 1.43 bits per heavy atom. The normalized spacial score (nSPS) is 9.14. The quantitative estimate of drug-likeness (QED) is 0.402.